The van der Waals surface area contributed by atoms with Gasteiger partial charge in [-0.05, 0) is 24.3 Å². The van der Waals surface area contributed by atoms with Gasteiger partial charge in [0.15, 0.2) is 11.5 Å². The highest BCUT2D eigenvalue weighted by molar-refractivity contribution is 6.32. The summed E-state index contributed by atoms with van der Waals surface area (Å²) in [4.78, 5) is 33.6. The Labute approximate surface area is 179 Å². The monoisotopic (exact) mass is 460 g/mol. The molecule has 0 saturated heterocycles. The molecule has 0 spiro atoms. The highest BCUT2D eigenvalue weighted by Crippen LogP contribution is 2.31. The van der Waals surface area contributed by atoms with Crippen LogP contribution in [0.15, 0.2) is 51.9 Å². The van der Waals surface area contributed by atoms with E-state index < -0.39 is 34.9 Å². The quantitative estimate of drug-likeness (QED) is 0.409. The molecular weight excluding hydrogens is 453 g/mol. The number of ketones is 1. The Morgan fingerprint density at radius 3 is 2.78 bits per heavy atom. The van der Waals surface area contributed by atoms with Crippen LogP contribution in [0.1, 0.15) is 22.1 Å². The minimum Gasteiger partial charge on any atom is -0.399 e. The summed E-state index contributed by atoms with van der Waals surface area (Å²) in [5.74, 6) is -2.04. The summed E-state index contributed by atoms with van der Waals surface area (Å²) in [6.45, 7) is 0. The molecular formula is C19H8ClF3N6O3. The maximum absolute atomic E-state index is 13.3. The van der Waals surface area contributed by atoms with Crippen molar-refractivity contribution in [3.05, 3.63) is 75.4 Å². The highest BCUT2D eigenvalue weighted by Gasteiger charge is 2.37. The van der Waals surface area contributed by atoms with E-state index in [0.717, 1.165) is 0 Å². The number of pyridine rings is 1. The van der Waals surface area contributed by atoms with Gasteiger partial charge in [0.25, 0.3) is 11.7 Å². The number of hydrogen-bond acceptors (Lipinski definition) is 7. The molecule has 0 aliphatic carbocycles. The number of nitrogens with zero attached hydrogens (tertiary/aromatic N) is 5. The maximum atomic E-state index is 13.3. The Kier molecular flexibility index (Phi) is 4.34. The first-order valence-corrected chi connectivity index (χ1v) is 9.21. The number of benzene rings is 1. The minimum atomic E-state index is -4.86. The van der Waals surface area contributed by atoms with Crippen LogP contribution in [0.25, 0.3) is 27.6 Å². The van der Waals surface area contributed by atoms with E-state index in [9.17, 15) is 22.8 Å². The average Bonchev–Trinajstić information content (AvgIpc) is 3.40. The normalized spacial score (nSPS) is 12.0. The molecule has 9 nitrogen and oxygen atoms in total. The van der Waals surface area contributed by atoms with E-state index in [1.54, 1.807) is 6.07 Å². The van der Waals surface area contributed by atoms with Crippen molar-refractivity contribution in [2.75, 3.05) is 0 Å². The van der Waals surface area contributed by atoms with Crippen molar-refractivity contribution < 1.29 is 22.4 Å². The van der Waals surface area contributed by atoms with Crippen LogP contribution in [0.4, 0.5) is 13.2 Å². The predicted octanol–water partition coefficient (Wildman–Crippen LogP) is 3.55. The number of rotatable bonds is 3. The number of aromatic nitrogens is 6. The van der Waals surface area contributed by atoms with Crippen molar-refractivity contribution >= 4 is 39.2 Å². The summed E-state index contributed by atoms with van der Waals surface area (Å²) in [6.07, 6.45) is -2.10. The third-order valence-corrected chi connectivity index (χ3v) is 4.87. The van der Waals surface area contributed by atoms with E-state index in [1.807, 2.05) is 0 Å². The molecule has 1 aromatic carbocycles. The fourth-order valence-corrected chi connectivity index (χ4v) is 3.36. The van der Waals surface area contributed by atoms with Gasteiger partial charge in [0, 0.05) is 17.6 Å². The number of halogens is 4. The molecule has 32 heavy (non-hydrogen) atoms. The second-order valence-electron chi connectivity index (χ2n) is 6.56. The Balaban J connectivity index is 1.71. The van der Waals surface area contributed by atoms with Crippen molar-refractivity contribution in [3.63, 3.8) is 0 Å². The first kappa shape index (κ1) is 19.9. The maximum Gasteiger partial charge on any atom is 0.435 e. The van der Waals surface area contributed by atoms with Gasteiger partial charge in [0.05, 0.1) is 22.3 Å². The van der Waals surface area contributed by atoms with Gasteiger partial charge in [0.1, 0.15) is 11.1 Å². The topological polar surface area (TPSA) is 120 Å². The van der Waals surface area contributed by atoms with Crippen molar-refractivity contribution in [1.29, 1.82) is 0 Å². The van der Waals surface area contributed by atoms with Crippen LogP contribution in [0.5, 0.6) is 0 Å². The molecule has 5 rings (SSSR count). The number of H-pyrrole nitrogens is 1. The van der Waals surface area contributed by atoms with Gasteiger partial charge in [0.2, 0.25) is 0 Å². The third kappa shape index (κ3) is 3.12. The molecule has 0 saturated carbocycles. The van der Waals surface area contributed by atoms with Crippen LogP contribution in [-0.4, -0.2) is 35.7 Å². The van der Waals surface area contributed by atoms with Crippen molar-refractivity contribution in [1.82, 2.24) is 29.9 Å². The molecule has 4 heterocycles. The standard InChI is InChI=1S/C19H8ClF3N6O3/c20-9-2-1-5-24-16(9)29-11(6-12(28-29)19(21,22)23)15(30)17-26-10-4-3-8-7-25-27-14(8)13(10)18(31)32-17/h1-7H,(H,25,27). The lowest BCUT2D eigenvalue weighted by atomic mass is 10.2. The summed E-state index contributed by atoms with van der Waals surface area (Å²) in [5.41, 5.74) is -2.40. The molecule has 0 aliphatic heterocycles. The number of nitrogens with one attached hydrogen (secondary N) is 1. The Morgan fingerprint density at radius 2 is 2.03 bits per heavy atom. The third-order valence-electron chi connectivity index (χ3n) is 4.58. The number of alkyl halides is 3. The molecule has 0 fully saturated rings. The van der Waals surface area contributed by atoms with Crippen LogP contribution < -0.4 is 5.63 Å². The molecule has 0 aliphatic rings. The highest BCUT2D eigenvalue weighted by atomic mass is 35.5. The van der Waals surface area contributed by atoms with Crippen LogP contribution in [0, 0.1) is 0 Å². The molecule has 0 atom stereocenters. The number of aromatic amines is 1. The first-order valence-electron chi connectivity index (χ1n) is 8.84. The lowest BCUT2D eigenvalue weighted by molar-refractivity contribution is -0.141. The molecule has 4 aromatic heterocycles. The number of hydrogen-bond donors (Lipinski definition) is 1. The molecule has 0 amide bonds. The lowest BCUT2D eigenvalue weighted by Crippen LogP contribution is -2.16. The van der Waals surface area contributed by atoms with Crippen LogP contribution >= 0.6 is 11.6 Å². The van der Waals surface area contributed by atoms with Crippen LogP contribution in [-0.2, 0) is 6.18 Å². The fraction of sp³-hybridized carbons (Fsp3) is 0.0526. The summed E-state index contributed by atoms with van der Waals surface area (Å²) >= 11 is 6.04. The Bertz CT molecular complexity index is 1590. The average molecular weight is 461 g/mol. The van der Waals surface area contributed by atoms with Crippen molar-refractivity contribution in [2.24, 2.45) is 0 Å². The van der Waals surface area contributed by atoms with Gasteiger partial charge in [-0.15, -0.1) is 0 Å². The van der Waals surface area contributed by atoms with Gasteiger partial charge in [-0.2, -0.15) is 23.4 Å². The van der Waals surface area contributed by atoms with E-state index in [-0.39, 0.29) is 21.7 Å². The largest absolute Gasteiger partial charge is 0.435 e. The van der Waals surface area contributed by atoms with Crippen molar-refractivity contribution in [2.45, 2.75) is 6.18 Å². The lowest BCUT2D eigenvalue weighted by Gasteiger charge is -2.07. The zero-order valence-corrected chi connectivity index (χ0v) is 16.3. The SMILES string of the molecule is O=C(c1nc2ccc3cn[nH]c3c2c(=O)o1)c1cc(C(F)(F)F)nn1-c1ncccc1Cl. The zero-order chi connectivity index (χ0) is 22.6. The predicted molar refractivity (Wildman–Crippen MR) is 105 cm³/mol. The first-order chi connectivity index (χ1) is 15.2. The second kappa shape index (κ2) is 6.99. The van der Waals surface area contributed by atoms with Gasteiger partial charge >= 0.3 is 11.8 Å². The van der Waals surface area contributed by atoms with Gasteiger partial charge in [-0.3, -0.25) is 9.89 Å². The zero-order valence-electron chi connectivity index (χ0n) is 15.5. The Hall–Kier alpha value is -4.06. The number of carbonyl (C=O) groups excluding carboxylic acids is 1. The summed E-state index contributed by atoms with van der Waals surface area (Å²) in [5, 5.41) is 10.5. The van der Waals surface area contributed by atoms with E-state index in [1.165, 1.54) is 30.6 Å². The summed E-state index contributed by atoms with van der Waals surface area (Å²) in [7, 11) is 0. The molecule has 13 heteroatoms. The van der Waals surface area contributed by atoms with E-state index in [4.69, 9.17) is 16.0 Å². The smallest absolute Gasteiger partial charge is 0.399 e. The van der Waals surface area contributed by atoms with Crippen LogP contribution in [0.3, 0.4) is 0 Å². The molecule has 0 bridgehead atoms. The van der Waals surface area contributed by atoms with Gasteiger partial charge in [-0.25, -0.2) is 19.4 Å². The molecule has 0 radical (unpaired) electrons. The fourth-order valence-electron chi connectivity index (χ4n) is 3.16. The van der Waals surface area contributed by atoms with Gasteiger partial charge in [-0.1, -0.05) is 11.6 Å². The van der Waals surface area contributed by atoms with Crippen molar-refractivity contribution in [3.8, 4) is 5.82 Å². The van der Waals surface area contributed by atoms with E-state index >= 15 is 0 Å². The Morgan fingerprint density at radius 1 is 1.22 bits per heavy atom. The molecule has 1 N–H and O–H groups in total. The number of fused-ring (bicyclic) bond motifs is 3. The summed E-state index contributed by atoms with van der Waals surface area (Å²) < 4.78 is 45.6. The number of carbonyl (C=O) groups is 1. The molecule has 0 unspecified atom stereocenters. The molecule has 160 valence electrons. The molecule has 5 aromatic rings. The van der Waals surface area contributed by atoms with E-state index in [0.29, 0.717) is 21.7 Å². The second-order valence-corrected chi connectivity index (χ2v) is 6.97. The van der Waals surface area contributed by atoms with Crippen LogP contribution in [0.2, 0.25) is 5.02 Å². The minimum absolute atomic E-state index is 0.0482. The van der Waals surface area contributed by atoms with Gasteiger partial charge < -0.3 is 4.42 Å². The van der Waals surface area contributed by atoms with E-state index in [2.05, 4.69) is 25.3 Å². The summed E-state index contributed by atoms with van der Waals surface area (Å²) in [6, 6.07) is 6.42.